The van der Waals surface area contributed by atoms with Crippen molar-refractivity contribution >= 4 is 41.5 Å². The van der Waals surface area contributed by atoms with Crippen LogP contribution in [0, 0.1) is 11.8 Å². The maximum atomic E-state index is 12.6. The Bertz CT molecular complexity index is 618. The number of hydrogen-bond acceptors (Lipinski definition) is 3. The molecule has 1 atom stereocenters. The third-order valence-corrected chi connectivity index (χ3v) is 4.63. The van der Waals surface area contributed by atoms with Crippen LogP contribution in [-0.4, -0.2) is 23.9 Å². The largest absolute Gasteiger partial charge is 0.345 e. The summed E-state index contributed by atoms with van der Waals surface area (Å²) in [7, 11) is 0. The molecule has 1 unspecified atom stereocenters. The minimum Gasteiger partial charge on any atom is -0.345 e. The summed E-state index contributed by atoms with van der Waals surface area (Å²) in [5.74, 6) is -0.101. The highest BCUT2D eigenvalue weighted by Gasteiger charge is 2.41. The number of benzene rings is 1. The van der Waals surface area contributed by atoms with Crippen LogP contribution in [0.1, 0.15) is 44.0 Å². The number of hydrogen-bond donors (Lipinski definition) is 3. The quantitative estimate of drug-likeness (QED) is 0.715. The predicted octanol–water partition coefficient (Wildman–Crippen LogP) is 3.21. The molecule has 1 aromatic carbocycles. The fourth-order valence-electron chi connectivity index (χ4n) is 2.43. The Balaban J connectivity index is 0.00000288. The standard InChI is InChI=1S/C17H24ClN3O2.ClH/c1-10(2)15(22)20-12-6-7-14(18)13(8-12)16(23)21-17(3,9-19)11-4-5-11;/h6-8,10-11H,4-5,9,19H2,1-3H3,(H,20,22)(H,21,23);1H. The lowest BCUT2D eigenvalue weighted by atomic mass is 9.95. The molecule has 1 fully saturated rings. The number of rotatable bonds is 6. The van der Waals surface area contributed by atoms with Crippen LogP contribution in [0.15, 0.2) is 18.2 Å². The highest BCUT2D eigenvalue weighted by Crippen LogP contribution is 2.39. The zero-order valence-electron chi connectivity index (χ0n) is 14.2. The van der Waals surface area contributed by atoms with E-state index in [9.17, 15) is 9.59 Å². The summed E-state index contributed by atoms with van der Waals surface area (Å²) >= 11 is 6.15. The number of carbonyl (C=O) groups is 2. The van der Waals surface area contributed by atoms with Gasteiger partial charge in [0.25, 0.3) is 5.91 Å². The highest BCUT2D eigenvalue weighted by molar-refractivity contribution is 6.34. The van der Waals surface area contributed by atoms with Gasteiger partial charge in [0.05, 0.1) is 16.1 Å². The Morgan fingerprint density at radius 1 is 1.38 bits per heavy atom. The van der Waals surface area contributed by atoms with Crippen molar-refractivity contribution < 1.29 is 9.59 Å². The van der Waals surface area contributed by atoms with Crippen LogP contribution in [0.4, 0.5) is 5.69 Å². The van der Waals surface area contributed by atoms with Crippen LogP contribution in [0.25, 0.3) is 0 Å². The molecule has 1 aliphatic rings. The number of carbonyl (C=O) groups excluding carboxylic acids is 2. The van der Waals surface area contributed by atoms with E-state index in [-0.39, 0.29) is 30.1 Å². The van der Waals surface area contributed by atoms with Gasteiger partial charge >= 0.3 is 0 Å². The molecule has 24 heavy (non-hydrogen) atoms. The van der Waals surface area contributed by atoms with E-state index in [1.807, 2.05) is 6.92 Å². The number of nitrogens with one attached hydrogen (secondary N) is 2. The summed E-state index contributed by atoms with van der Waals surface area (Å²) in [5, 5.41) is 6.13. The molecule has 4 N–H and O–H groups in total. The van der Waals surface area contributed by atoms with Crippen molar-refractivity contribution in [1.29, 1.82) is 0 Å². The average Bonchev–Trinajstić information content (AvgIpc) is 3.33. The van der Waals surface area contributed by atoms with E-state index < -0.39 is 5.54 Å². The topological polar surface area (TPSA) is 84.2 Å². The third kappa shape index (κ3) is 4.85. The van der Waals surface area contributed by atoms with Crippen molar-refractivity contribution in [3.8, 4) is 0 Å². The second-order valence-corrected chi connectivity index (χ2v) is 7.10. The Morgan fingerprint density at radius 3 is 2.50 bits per heavy atom. The molecule has 0 spiro atoms. The number of halogens is 2. The molecule has 2 rings (SSSR count). The molecule has 0 heterocycles. The van der Waals surface area contributed by atoms with Gasteiger partial charge in [-0.1, -0.05) is 25.4 Å². The van der Waals surface area contributed by atoms with Crippen LogP contribution < -0.4 is 16.4 Å². The van der Waals surface area contributed by atoms with Crippen LogP contribution >= 0.6 is 24.0 Å². The van der Waals surface area contributed by atoms with Gasteiger partial charge in [-0.3, -0.25) is 9.59 Å². The Kier molecular flexibility index (Phi) is 7.08. The lowest BCUT2D eigenvalue weighted by molar-refractivity contribution is -0.118. The molecule has 2 amide bonds. The summed E-state index contributed by atoms with van der Waals surface area (Å²) in [5.41, 5.74) is 6.31. The van der Waals surface area contributed by atoms with Crippen LogP contribution in [0.3, 0.4) is 0 Å². The lowest BCUT2D eigenvalue weighted by Crippen LogP contribution is -2.53. The van der Waals surface area contributed by atoms with E-state index in [0.29, 0.717) is 28.7 Å². The van der Waals surface area contributed by atoms with Crippen molar-refractivity contribution in [2.24, 2.45) is 17.6 Å². The lowest BCUT2D eigenvalue weighted by Gasteiger charge is -2.29. The monoisotopic (exact) mass is 373 g/mol. The number of amides is 2. The van der Waals surface area contributed by atoms with Gasteiger partial charge in [0.1, 0.15) is 0 Å². The smallest absolute Gasteiger partial charge is 0.253 e. The van der Waals surface area contributed by atoms with Crippen LogP contribution in [0.2, 0.25) is 5.02 Å². The zero-order chi connectivity index (χ0) is 17.2. The van der Waals surface area contributed by atoms with Crippen LogP contribution in [-0.2, 0) is 4.79 Å². The molecule has 134 valence electrons. The van der Waals surface area contributed by atoms with Gasteiger partial charge in [0.15, 0.2) is 0 Å². The molecule has 0 aliphatic heterocycles. The highest BCUT2D eigenvalue weighted by atomic mass is 35.5. The molecular weight excluding hydrogens is 349 g/mol. The van der Waals surface area contributed by atoms with Crippen molar-refractivity contribution in [2.45, 2.75) is 39.2 Å². The van der Waals surface area contributed by atoms with Gasteiger partial charge in [-0.15, -0.1) is 12.4 Å². The van der Waals surface area contributed by atoms with Gasteiger partial charge in [0, 0.05) is 18.2 Å². The number of nitrogens with two attached hydrogens (primary N) is 1. The normalized spacial score (nSPS) is 16.1. The van der Waals surface area contributed by atoms with Crippen molar-refractivity contribution in [2.75, 3.05) is 11.9 Å². The van der Waals surface area contributed by atoms with Gasteiger partial charge in [-0.25, -0.2) is 0 Å². The molecule has 0 saturated heterocycles. The van der Waals surface area contributed by atoms with E-state index >= 15 is 0 Å². The van der Waals surface area contributed by atoms with Crippen molar-refractivity contribution in [1.82, 2.24) is 5.32 Å². The van der Waals surface area contributed by atoms with Crippen molar-refractivity contribution in [3.05, 3.63) is 28.8 Å². The van der Waals surface area contributed by atoms with E-state index in [1.54, 1.807) is 32.0 Å². The summed E-state index contributed by atoms with van der Waals surface area (Å²) in [6.07, 6.45) is 2.15. The molecule has 0 bridgehead atoms. The summed E-state index contributed by atoms with van der Waals surface area (Å²) in [4.78, 5) is 24.4. The minimum absolute atomic E-state index is 0. The first-order valence-corrected chi connectivity index (χ1v) is 8.27. The maximum absolute atomic E-state index is 12.6. The molecule has 0 aromatic heterocycles. The van der Waals surface area contributed by atoms with E-state index in [4.69, 9.17) is 17.3 Å². The predicted molar refractivity (Wildman–Crippen MR) is 99.8 cm³/mol. The first-order valence-electron chi connectivity index (χ1n) is 7.90. The Morgan fingerprint density at radius 2 is 2.00 bits per heavy atom. The summed E-state index contributed by atoms with van der Waals surface area (Å²) in [6, 6.07) is 4.90. The second-order valence-electron chi connectivity index (χ2n) is 6.69. The second kappa shape index (κ2) is 8.19. The van der Waals surface area contributed by atoms with Gasteiger partial charge in [-0.2, -0.15) is 0 Å². The zero-order valence-corrected chi connectivity index (χ0v) is 15.8. The molecule has 0 radical (unpaired) electrons. The maximum Gasteiger partial charge on any atom is 0.253 e. The molecule has 1 aromatic rings. The van der Waals surface area contributed by atoms with Gasteiger partial charge < -0.3 is 16.4 Å². The van der Waals surface area contributed by atoms with E-state index in [2.05, 4.69) is 10.6 Å². The molecule has 5 nitrogen and oxygen atoms in total. The third-order valence-electron chi connectivity index (χ3n) is 4.30. The van der Waals surface area contributed by atoms with Crippen LogP contribution in [0.5, 0.6) is 0 Å². The molecule has 7 heteroatoms. The Hall–Kier alpha value is -1.30. The molecular formula is C17H25Cl2N3O2. The SMILES string of the molecule is CC(C)C(=O)Nc1ccc(Cl)c(C(=O)NC(C)(CN)C2CC2)c1.Cl. The molecule has 1 saturated carbocycles. The molecule has 1 aliphatic carbocycles. The summed E-state index contributed by atoms with van der Waals surface area (Å²) in [6.45, 7) is 5.95. The van der Waals surface area contributed by atoms with E-state index in [0.717, 1.165) is 12.8 Å². The fourth-order valence-corrected chi connectivity index (χ4v) is 2.63. The average molecular weight is 374 g/mol. The van der Waals surface area contributed by atoms with Gasteiger partial charge in [0.2, 0.25) is 5.91 Å². The van der Waals surface area contributed by atoms with Gasteiger partial charge in [-0.05, 0) is 43.9 Å². The number of anilines is 1. The van der Waals surface area contributed by atoms with E-state index in [1.165, 1.54) is 0 Å². The fraction of sp³-hybridized carbons (Fsp3) is 0.529. The van der Waals surface area contributed by atoms with Crippen molar-refractivity contribution in [3.63, 3.8) is 0 Å². The first kappa shape index (κ1) is 20.7. The Labute approximate surface area is 154 Å². The summed E-state index contributed by atoms with van der Waals surface area (Å²) < 4.78 is 0. The minimum atomic E-state index is -0.419. The first-order chi connectivity index (χ1) is 10.8.